The maximum Gasteiger partial charge on any atom is 0.323 e. The highest BCUT2D eigenvalue weighted by Gasteiger charge is 2.03. The maximum absolute atomic E-state index is 11.8. The number of nitrogen functional groups attached to an aromatic ring is 1. The van der Waals surface area contributed by atoms with Gasteiger partial charge in [0.2, 0.25) is 0 Å². The molecule has 0 bridgehead atoms. The van der Waals surface area contributed by atoms with Crippen LogP contribution in [0.5, 0.6) is 0 Å². The molecular weight excluding hydrogens is 262 g/mol. The van der Waals surface area contributed by atoms with E-state index in [9.17, 15) is 4.79 Å². The van der Waals surface area contributed by atoms with Gasteiger partial charge in [-0.3, -0.25) is 0 Å². The lowest BCUT2D eigenvalue weighted by molar-refractivity contribution is 0.255. The van der Waals surface area contributed by atoms with E-state index in [4.69, 9.17) is 5.73 Å². The standard InChI is InChI=1S/C17H19N3O/c1-12-7-8-16(15(18)11-12)20-17(21)19-10-9-14-6-4-3-5-13(14)2/h3-11H,18H2,1-2H3,(H2,19,20,21)/b10-9+. The molecule has 4 nitrogen and oxygen atoms in total. The number of nitrogens with two attached hydrogens (primary N) is 1. The minimum atomic E-state index is -0.324. The van der Waals surface area contributed by atoms with E-state index in [2.05, 4.69) is 10.6 Å². The van der Waals surface area contributed by atoms with Crippen molar-refractivity contribution in [1.82, 2.24) is 5.32 Å². The van der Waals surface area contributed by atoms with Crippen LogP contribution in [0.1, 0.15) is 16.7 Å². The average molecular weight is 281 g/mol. The molecule has 0 saturated carbocycles. The van der Waals surface area contributed by atoms with Gasteiger partial charge in [-0.2, -0.15) is 0 Å². The van der Waals surface area contributed by atoms with Crippen LogP contribution in [0.25, 0.3) is 6.08 Å². The fourth-order valence-corrected chi connectivity index (χ4v) is 1.94. The number of amides is 2. The molecule has 0 unspecified atom stereocenters. The summed E-state index contributed by atoms with van der Waals surface area (Å²) in [6.07, 6.45) is 3.47. The molecule has 2 aromatic carbocycles. The summed E-state index contributed by atoms with van der Waals surface area (Å²) in [6.45, 7) is 3.97. The lowest BCUT2D eigenvalue weighted by Gasteiger charge is -2.08. The number of hydrogen-bond acceptors (Lipinski definition) is 2. The molecule has 0 aliphatic heterocycles. The van der Waals surface area contributed by atoms with Gasteiger partial charge in [0.15, 0.2) is 0 Å². The zero-order chi connectivity index (χ0) is 15.2. The van der Waals surface area contributed by atoms with Gasteiger partial charge in [-0.1, -0.05) is 30.3 Å². The summed E-state index contributed by atoms with van der Waals surface area (Å²) in [5.74, 6) is 0. The van der Waals surface area contributed by atoms with Crippen LogP contribution in [0.4, 0.5) is 16.2 Å². The number of benzene rings is 2. The van der Waals surface area contributed by atoms with Crippen LogP contribution < -0.4 is 16.4 Å². The first-order valence-corrected chi connectivity index (χ1v) is 6.72. The van der Waals surface area contributed by atoms with E-state index >= 15 is 0 Å². The Morgan fingerprint density at radius 2 is 1.90 bits per heavy atom. The highest BCUT2D eigenvalue weighted by Crippen LogP contribution is 2.19. The fraction of sp³-hybridized carbons (Fsp3) is 0.118. The van der Waals surface area contributed by atoms with Crippen LogP contribution >= 0.6 is 0 Å². The van der Waals surface area contributed by atoms with Crippen LogP contribution in [0, 0.1) is 13.8 Å². The highest BCUT2D eigenvalue weighted by atomic mass is 16.2. The monoisotopic (exact) mass is 281 g/mol. The van der Waals surface area contributed by atoms with Crippen molar-refractivity contribution >= 4 is 23.5 Å². The van der Waals surface area contributed by atoms with E-state index in [1.807, 2.05) is 56.3 Å². The Labute approximate surface area is 124 Å². The zero-order valence-electron chi connectivity index (χ0n) is 12.2. The zero-order valence-corrected chi connectivity index (χ0v) is 12.2. The summed E-state index contributed by atoms with van der Waals surface area (Å²) in [6, 6.07) is 13.1. The first-order valence-electron chi connectivity index (χ1n) is 6.72. The third-order valence-electron chi connectivity index (χ3n) is 3.12. The lowest BCUT2D eigenvalue weighted by Crippen LogP contribution is -2.24. The normalized spacial score (nSPS) is 10.6. The minimum absolute atomic E-state index is 0.324. The van der Waals surface area contributed by atoms with Gasteiger partial charge < -0.3 is 16.4 Å². The van der Waals surface area contributed by atoms with E-state index in [0.717, 1.165) is 16.7 Å². The molecule has 2 rings (SSSR count). The molecule has 21 heavy (non-hydrogen) atoms. The van der Waals surface area contributed by atoms with Crippen LogP contribution in [-0.4, -0.2) is 6.03 Å². The molecule has 2 aromatic rings. The molecule has 108 valence electrons. The first kappa shape index (κ1) is 14.7. The third-order valence-corrected chi connectivity index (χ3v) is 3.12. The number of urea groups is 1. The van der Waals surface area contributed by atoms with Gasteiger partial charge in [-0.05, 0) is 48.7 Å². The molecule has 0 aliphatic carbocycles. The van der Waals surface area contributed by atoms with E-state index in [1.165, 1.54) is 0 Å². The smallest absolute Gasteiger partial charge is 0.323 e. The molecule has 0 aliphatic rings. The largest absolute Gasteiger partial charge is 0.397 e. The molecule has 0 heterocycles. The summed E-state index contributed by atoms with van der Waals surface area (Å²) in [7, 11) is 0. The van der Waals surface area contributed by atoms with Crippen LogP contribution in [0.3, 0.4) is 0 Å². The van der Waals surface area contributed by atoms with Crippen molar-refractivity contribution in [3.8, 4) is 0 Å². The Hall–Kier alpha value is -2.75. The summed E-state index contributed by atoms with van der Waals surface area (Å²) in [4.78, 5) is 11.8. The fourth-order valence-electron chi connectivity index (χ4n) is 1.94. The number of anilines is 2. The van der Waals surface area contributed by atoms with Crippen molar-refractivity contribution in [2.75, 3.05) is 11.1 Å². The van der Waals surface area contributed by atoms with E-state index < -0.39 is 0 Å². The first-order chi connectivity index (χ1) is 10.1. The van der Waals surface area contributed by atoms with Crippen LogP contribution in [-0.2, 0) is 0 Å². The number of hydrogen-bond donors (Lipinski definition) is 3. The topological polar surface area (TPSA) is 67.2 Å². The third kappa shape index (κ3) is 4.11. The summed E-state index contributed by atoms with van der Waals surface area (Å²) in [5, 5.41) is 5.37. The summed E-state index contributed by atoms with van der Waals surface area (Å²) in [5.41, 5.74) is 10.3. The molecule has 0 atom stereocenters. The second-order valence-electron chi connectivity index (χ2n) is 4.88. The Kier molecular flexibility index (Phi) is 4.61. The van der Waals surface area contributed by atoms with Crippen molar-refractivity contribution in [2.45, 2.75) is 13.8 Å². The Balaban J connectivity index is 1.95. The second-order valence-corrected chi connectivity index (χ2v) is 4.88. The summed E-state index contributed by atoms with van der Waals surface area (Å²) >= 11 is 0. The quantitative estimate of drug-likeness (QED) is 0.751. The Morgan fingerprint density at radius 3 is 2.62 bits per heavy atom. The molecule has 4 heteroatoms. The number of rotatable bonds is 3. The Morgan fingerprint density at radius 1 is 1.14 bits per heavy atom. The van der Waals surface area contributed by atoms with Gasteiger partial charge in [0.25, 0.3) is 0 Å². The molecule has 0 saturated heterocycles. The second kappa shape index (κ2) is 6.61. The van der Waals surface area contributed by atoms with Gasteiger partial charge >= 0.3 is 6.03 Å². The van der Waals surface area contributed by atoms with Crippen molar-refractivity contribution < 1.29 is 4.79 Å². The predicted octanol–water partition coefficient (Wildman–Crippen LogP) is 3.68. The molecule has 0 radical (unpaired) electrons. The Bertz CT molecular complexity index is 677. The highest BCUT2D eigenvalue weighted by molar-refractivity contribution is 5.93. The van der Waals surface area contributed by atoms with Gasteiger partial charge in [0.1, 0.15) is 0 Å². The predicted molar refractivity (Wildman–Crippen MR) is 88.0 cm³/mol. The molecule has 4 N–H and O–H groups in total. The van der Waals surface area contributed by atoms with Crippen LogP contribution in [0.15, 0.2) is 48.7 Å². The van der Waals surface area contributed by atoms with E-state index in [0.29, 0.717) is 11.4 Å². The van der Waals surface area contributed by atoms with Crippen molar-refractivity contribution in [2.24, 2.45) is 0 Å². The number of nitrogens with one attached hydrogen (secondary N) is 2. The number of carbonyl (C=O) groups excluding carboxylic acids is 1. The number of carbonyl (C=O) groups is 1. The van der Waals surface area contributed by atoms with Gasteiger partial charge in [-0.15, -0.1) is 0 Å². The SMILES string of the molecule is Cc1ccc(NC(=O)N/C=C/c2ccccc2C)c(N)c1. The van der Waals surface area contributed by atoms with Gasteiger partial charge in [-0.25, -0.2) is 4.79 Å². The molecular formula is C17H19N3O. The maximum atomic E-state index is 11.8. The summed E-state index contributed by atoms with van der Waals surface area (Å²) < 4.78 is 0. The average Bonchev–Trinajstić information content (AvgIpc) is 2.44. The van der Waals surface area contributed by atoms with Crippen LogP contribution in [0.2, 0.25) is 0 Å². The lowest BCUT2D eigenvalue weighted by atomic mass is 10.1. The molecule has 0 aromatic heterocycles. The molecule has 0 fully saturated rings. The van der Waals surface area contributed by atoms with Crippen molar-refractivity contribution in [3.63, 3.8) is 0 Å². The minimum Gasteiger partial charge on any atom is -0.397 e. The van der Waals surface area contributed by atoms with Gasteiger partial charge in [0.05, 0.1) is 11.4 Å². The van der Waals surface area contributed by atoms with Gasteiger partial charge in [0, 0.05) is 6.20 Å². The molecule has 2 amide bonds. The van der Waals surface area contributed by atoms with Crippen molar-refractivity contribution in [3.05, 3.63) is 65.4 Å². The van der Waals surface area contributed by atoms with Crippen molar-refractivity contribution in [1.29, 1.82) is 0 Å². The molecule has 0 spiro atoms. The number of aryl methyl sites for hydroxylation is 2. The van der Waals surface area contributed by atoms with E-state index in [-0.39, 0.29) is 6.03 Å². The van der Waals surface area contributed by atoms with E-state index in [1.54, 1.807) is 12.3 Å².